The second-order valence-electron chi connectivity index (χ2n) is 16.6. The van der Waals surface area contributed by atoms with Gasteiger partial charge in [-0.05, 0) is 111 Å². The maximum Gasteiger partial charge on any atom is 0.410 e. The first kappa shape index (κ1) is 26.1. The van der Waals surface area contributed by atoms with Gasteiger partial charge in [-0.3, -0.25) is 4.90 Å². The fourth-order valence-corrected chi connectivity index (χ4v) is 12.7. The maximum absolute atomic E-state index is 12.5. The molecule has 6 nitrogen and oxygen atoms in total. The monoisotopic (exact) mass is 529 g/mol. The summed E-state index contributed by atoms with van der Waals surface area (Å²) in [5, 5.41) is 23.3. The van der Waals surface area contributed by atoms with Gasteiger partial charge in [0.05, 0.1) is 36.5 Å². The average molecular weight is 530 g/mol. The number of fused-ring (bicyclic) bond motifs is 4. The number of cyclic esters (lactones) is 1. The molecule has 0 aromatic heterocycles. The lowest BCUT2D eigenvalue weighted by atomic mass is 9.41. The van der Waals surface area contributed by atoms with Gasteiger partial charge in [0.25, 0.3) is 0 Å². The van der Waals surface area contributed by atoms with Gasteiger partial charge in [-0.15, -0.1) is 0 Å². The molecule has 0 aromatic carbocycles. The van der Waals surface area contributed by atoms with Crippen LogP contribution in [-0.2, 0) is 9.47 Å². The number of ether oxygens (including phenoxy) is 2. The molecule has 6 heteroatoms. The second kappa shape index (κ2) is 7.50. The molecule has 214 valence electrons. The topological polar surface area (TPSA) is 79.2 Å². The molecular formula is C32H51NO5. The molecule has 5 saturated carbocycles. The lowest BCUT2D eigenvalue weighted by Crippen LogP contribution is -2.59. The van der Waals surface area contributed by atoms with Gasteiger partial charge < -0.3 is 19.7 Å². The highest BCUT2D eigenvalue weighted by atomic mass is 16.6. The van der Waals surface area contributed by atoms with Crippen molar-refractivity contribution in [1.29, 1.82) is 0 Å². The molecule has 38 heavy (non-hydrogen) atoms. The third-order valence-electron chi connectivity index (χ3n) is 14.7. The first-order valence-corrected chi connectivity index (χ1v) is 15.6. The Morgan fingerprint density at radius 3 is 2.32 bits per heavy atom. The lowest BCUT2D eigenvalue weighted by Gasteiger charge is -2.63. The van der Waals surface area contributed by atoms with Crippen molar-refractivity contribution in [2.24, 2.45) is 50.7 Å². The molecule has 4 unspecified atom stereocenters. The summed E-state index contributed by atoms with van der Waals surface area (Å²) in [6.07, 6.45) is 7.91. The van der Waals surface area contributed by atoms with Crippen molar-refractivity contribution >= 4 is 6.09 Å². The van der Waals surface area contributed by atoms with Crippen molar-refractivity contribution in [3.63, 3.8) is 0 Å². The Kier molecular flexibility index (Phi) is 5.15. The molecule has 0 bridgehead atoms. The van der Waals surface area contributed by atoms with Gasteiger partial charge in [-0.1, -0.05) is 34.6 Å². The van der Waals surface area contributed by atoms with Crippen molar-refractivity contribution in [2.45, 2.75) is 130 Å². The zero-order valence-corrected chi connectivity index (χ0v) is 24.8. The van der Waals surface area contributed by atoms with Crippen LogP contribution >= 0.6 is 0 Å². The van der Waals surface area contributed by atoms with Crippen LogP contribution in [0.5, 0.6) is 0 Å². The van der Waals surface area contributed by atoms with E-state index >= 15 is 0 Å². The quantitative estimate of drug-likeness (QED) is 0.501. The van der Waals surface area contributed by atoms with E-state index < -0.39 is 6.10 Å². The molecule has 5 aliphatic carbocycles. The molecule has 7 rings (SSSR count). The molecule has 2 saturated heterocycles. The highest BCUT2D eigenvalue weighted by Gasteiger charge is 2.84. The van der Waals surface area contributed by atoms with Gasteiger partial charge in [-0.2, -0.15) is 0 Å². The number of hydrogen-bond donors (Lipinski definition) is 2. The normalized spacial score (nSPS) is 57.7. The van der Waals surface area contributed by atoms with Crippen LogP contribution in [0.3, 0.4) is 0 Å². The van der Waals surface area contributed by atoms with Crippen LogP contribution < -0.4 is 0 Å². The van der Waals surface area contributed by atoms with E-state index in [1.807, 2.05) is 4.90 Å². The van der Waals surface area contributed by atoms with Crippen LogP contribution in [0.1, 0.15) is 99.8 Å². The number of aliphatic hydroxyl groups is 2. The first-order chi connectivity index (χ1) is 17.7. The predicted octanol–water partition coefficient (Wildman–Crippen LogP) is 5.39. The Hall–Kier alpha value is -0.850. The molecule has 2 aliphatic heterocycles. The van der Waals surface area contributed by atoms with Crippen LogP contribution in [0.25, 0.3) is 0 Å². The van der Waals surface area contributed by atoms with E-state index in [1.54, 1.807) is 0 Å². The number of nitrogens with zero attached hydrogens (tertiary/aromatic N) is 1. The van der Waals surface area contributed by atoms with Gasteiger partial charge in [-0.25, -0.2) is 4.79 Å². The molecule has 0 aromatic rings. The number of hydrogen-bond acceptors (Lipinski definition) is 5. The van der Waals surface area contributed by atoms with Crippen molar-refractivity contribution in [1.82, 2.24) is 4.90 Å². The van der Waals surface area contributed by atoms with E-state index in [0.717, 1.165) is 25.7 Å². The summed E-state index contributed by atoms with van der Waals surface area (Å²) in [7, 11) is 0. The van der Waals surface area contributed by atoms with Crippen molar-refractivity contribution in [2.75, 3.05) is 13.2 Å². The van der Waals surface area contributed by atoms with E-state index in [4.69, 9.17) is 9.47 Å². The van der Waals surface area contributed by atoms with E-state index in [9.17, 15) is 15.0 Å². The van der Waals surface area contributed by atoms with Gasteiger partial charge in [0.15, 0.2) is 0 Å². The highest BCUT2D eigenvalue weighted by molar-refractivity contribution is 5.71. The summed E-state index contributed by atoms with van der Waals surface area (Å²) < 4.78 is 12.2. The zero-order valence-electron chi connectivity index (χ0n) is 24.8. The SMILES string of the molecule is C[C@@H]1CC(CN2C(=O)OCC2(C)C)OC2[C@H]1[C@@]1(C)CC[C@@]34CC35CC[C@H](O)C(C)(C)[C@@H]5CCC4[C@]1(C)[C@H]2O. The smallest absolute Gasteiger partial charge is 0.410 e. The zero-order chi connectivity index (χ0) is 27.3. The molecule has 1 amide bonds. The molecule has 2 N–H and O–H groups in total. The number of aliphatic hydroxyl groups excluding tert-OH is 2. The largest absolute Gasteiger partial charge is 0.447 e. The maximum atomic E-state index is 12.5. The van der Waals surface area contributed by atoms with Crippen LogP contribution in [0.2, 0.25) is 0 Å². The fraction of sp³-hybridized carbons (Fsp3) is 0.969. The van der Waals surface area contributed by atoms with E-state index in [2.05, 4.69) is 48.5 Å². The van der Waals surface area contributed by atoms with Crippen molar-refractivity contribution in [3.05, 3.63) is 0 Å². The number of carbonyl (C=O) groups excluding carboxylic acids is 1. The fourth-order valence-electron chi connectivity index (χ4n) is 12.7. The van der Waals surface area contributed by atoms with Gasteiger partial charge in [0.1, 0.15) is 6.61 Å². The number of amides is 1. The predicted molar refractivity (Wildman–Crippen MR) is 144 cm³/mol. The molecule has 0 radical (unpaired) electrons. The average Bonchev–Trinajstić information content (AvgIpc) is 3.40. The van der Waals surface area contributed by atoms with Crippen LogP contribution in [0.15, 0.2) is 0 Å². The summed E-state index contributed by atoms with van der Waals surface area (Å²) in [5.41, 5.74) is 0.197. The second-order valence-corrected chi connectivity index (χ2v) is 16.6. The summed E-state index contributed by atoms with van der Waals surface area (Å²) >= 11 is 0. The Morgan fingerprint density at radius 1 is 0.947 bits per heavy atom. The van der Waals surface area contributed by atoms with Crippen LogP contribution in [0.4, 0.5) is 4.79 Å². The summed E-state index contributed by atoms with van der Waals surface area (Å²) in [4.78, 5) is 14.3. The summed E-state index contributed by atoms with van der Waals surface area (Å²) in [6, 6.07) is 0. The van der Waals surface area contributed by atoms with Crippen LogP contribution in [0, 0.1) is 50.7 Å². The minimum atomic E-state index is -0.486. The van der Waals surface area contributed by atoms with Gasteiger partial charge >= 0.3 is 6.09 Å². The Labute approximate surface area is 229 Å². The van der Waals surface area contributed by atoms with E-state index in [-0.39, 0.29) is 46.2 Å². The van der Waals surface area contributed by atoms with Gasteiger partial charge in [0, 0.05) is 5.41 Å². The summed E-state index contributed by atoms with van der Waals surface area (Å²) in [5.74, 6) is 1.88. The molecule has 7 aliphatic rings. The van der Waals surface area contributed by atoms with Gasteiger partial charge in [0.2, 0.25) is 0 Å². The van der Waals surface area contributed by atoms with Crippen molar-refractivity contribution in [3.8, 4) is 0 Å². The van der Waals surface area contributed by atoms with E-state index in [1.165, 1.54) is 25.7 Å². The lowest BCUT2D eigenvalue weighted by molar-refractivity contribution is -0.182. The third kappa shape index (κ3) is 2.79. The summed E-state index contributed by atoms with van der Waals surface area (Å²) in [6.45, 7) is 17.0. The highest BCUT2D eigenvalue weighted by Crippen LogP contribution is 2.89. The first-order valence-electron chi connectivity index (χ1n) is 15.6. The van der Waals surface area contributed by atoms with Crippen molar-refractivity contribution < 1.29 is 24.5 Å². The number of carbonyl (C=O) groups is 1. The minimum absolute atomic E-state index is 0.0218. The van der Waals surface area contributed by atoms with Crippen LogP contribution in [-0.4, -0.2) is 64.3 Å². The standard InChI is InChI=1S/C32H51NO5/c1-18-14-19(15-33-26(36)37-17-27(33,2)3)38-24-23(18)29(6)12-13-32-16-31(32)11-10-22(34)28(4,5)20(31)8-9-21(32)30(29,7)25(24)35/h18-25,34-35H,8-17H2,1-7H3/t18-,19?,20+,21?,22+,23+,24?,25+,29-,30-,31?,32+/m1/s1. The Bertz CT molecular complexity index is 1040. The molecule has 12 atom stereocenters. The molecule has 2 heterocycles. The number of rotatable bonds is 2. The third-order valence-corrected chi connectivity index (χ3v) is 14.7. The Balaban J connectivity index is 1.20. The molecule has 2 spiro atoms. The van der Waals surface area contributed by atoms with E-state index in [0.29, 0.717) is 47.7 Å². The molecule has 7 fully saturated rings. The Morgan fingerprint density at radius 2 is 1.63 bits per heavy atom. The minimum Gasteiger partial charge on any atom is -0.447 e. The molecular weight excluding hydrogens is 478 g/mol.